The van der Waals surface area contributed by atoms with Crippen molar-refractivity contribution in [2.75, 3.05) is 22.9 Å². The van der Waals surface area contributed by atoms with Gasteiger partial charge in [0.15, 0.2) is 5.11 Å². The molecule has 4 atom stereocenters. The maximum absolute atomic E-state index is 6.95. The lowest BCUT2D eigenvalue weighted by Crippen LogP contribution is -2.38. The predicted octanol–water partition coefficient (Wildman–Crippen LogP) is 6.94. The number of aromatic nitrogens is 2. The normalized spacial score (nSPS) is 24.7. The molecule has 2 saturated heterocycles. The molecule has 2 aromatic heterocycles. The van der Waals surface area contributed by atoms with Crippen LogP contribution in [0.3, 0.4) is 0 Å². The van der Waals surface area contributed by atoms with Crippen LogP contribution in [0.2, 0.25) is 5.02 Å². The van der Waals surface area contributed by atoms with Gasteiger partial charge in [0.05, 0.1) is 28.5 Å². The zero-order valence-corrected chi connectivity index (χ0v) is 24.2. The van der Waals surface area contributed by atoms with Gasteiger partial charge in [-0.2, -0.15) is 0 Å². The summed E-state index contributed by atoms with van der Waals surface area (Å²) in [5, 5.41) is 5.02. The van der Waals surface area contributed by atoms with Gasteiger partial charge in [-0.1, -0.05) is 31.5 Å². The molecule has 2 aliphatic heterocycles. The molecule has 8 heteroatoms. The Balaban J connectivity index is 1.57. The molecule has 5 rings (SSSR count). The Morgan fingerprint density at radius 3 is 2.43 bits per heavy atom. The molecule has 0 bridgehead atoms. The first-order valence-corrected chi connectivity index (χ1v) is 14.0. The Kier molecular flexibility index (Phi) is 7.03. The van der Waals surface area contributed by atoms with Crippen LogP contribution in [0, 0.1) is 29.3 Å². The van der Waals surface area contributed by atoms with E-state index in [-0.39, 0.29) is 12.1 Å². The molecule has 0 amide bonds. The van der Waals surface area contributed by atoms with Crippen molar-refractivity contribution >= 4 is 62.9 Å². The molecule has 0 radical (unpaired) electrons. The average Bonchev–Trinajstić information content (AvgIpc) is 3.27. The van der Waals surface area contributed by atoms with Crippen molar-refractivity contribution in [3.8, 4) is 0 Å². The molecule has 0 spiro atoms. The highest BCUT2D eigenvalue weighted by atomic mass is 127. The number of H-pyrrole nitrogens is 1. The molecule has 1 aromatic carbocycles. The van der Waals surface area contributed by atoms with E-state index in [0.717, 1.165) is 46.6 Å². The Morgan fingerprint density at radius 2 is 1.83 bits per heavy atom. The van der Waals surface area contributed by atoms with Gasteiger partial charge in [0.2, 0.25) is 0 Å². The molecule has 0 aliphatic carbocycles. The Morgan fingerprint density at radius 1 is 1.09 bits per heavy atom. The van der Waals surface area contributed by atoms with Gasteiger partial charge in [-0.15, -0.1) is 0 Å². The Hall–Kier alpha value is -1.84. The van der Waals surface area contributed by atoms with Crippen molar-refractivity contribution in [1.82, 2.24) is 15.3 Å². The molecular weight excluding hydrogens is 589 g/mol. The van der Waals surface area contributed by atoms with Crippen molar-refractivity contribution < 1.29 is 0 Å². The summed E-state index contributed by atoms with van der Waals surface area (Å²) in [6, 6.07) is 12.3. The van der Waals surface area contributed by atoms with Crippen LogP contribution in [-0.4, -0.2) is 28.2 Å². The van der Waals surface area contributed by atoms with E-state index < -0.39 is 0 Å². The molecule has 3 aromatic rings. The van der Waals surface area contributed by atoms with Crippen LogP contribution in [0.15, 0.2) is 42.6 Å². The Labute approximate surface area is 231 Å². The van der Waals surface area contributed by atoms with Gasteiger partial charge in [-0.25, -0.2) is 0 Å². The number of benzene rings is 1. The van der Waals surface area contributed by atoms with Crippen molar-refractivity contribution in [3.05, 3.63) is 73.8 Å². The summed E-state index contributed by atoms with van der Waals surface area (Å²) in [6.45, 7) is 11.0. The quantitative estimate of drug-likeness (QED) is 0.245. The number of hydrogen-bond acceptors (Lipinski definition) is 3. The lowest BCUT2D eigenvalue weighted by molar-refractivity contribution is 0.357. The molecule has 2 N–H and O–H groups in total. The standard InChI is InChI=1S/C27H31ClIN5S/c1-15-11-16(2)14-33(13-15)22-9-8-19(12-20(22)28)34-26(23-17(3)31-18(4)24(23)29)25(32-27(34)35)21-7-5-6-10-30-21/h5-10,12,15-16,25-26,31H,11,13-14H2,1-4H3,(H,32,35). The first kappa shape index (κ1) is 24.8. The average molecular weight is 620 g/mol. The van der Waals surface area contributed by atoms with E-state index in [1.54, 1.807) is 0 Å². The van der Waals surface area contributed by atoms with Gasteiger partial charge >= 0.3 is 0 Å². The fraction of sp³-hybridized carbons (Fsp3) is 0.407. The van der Waals surface area contributed by atoms with E-state index in [9.17, 15) is 0 Å². The van der Waals surface area contributed by atoms with E-state index in [1.807, 2.05) is 18.3 Å². The van der Waals surface area contributed by atoms with E-state index in [2.05, 4.69) is 99.6 Å². The van der Waals surface area contributed by atoms with E-state index >= 15 is 0 Å². The third-order valence-electron chi connectivity index (χ3n) is 7.16. The highest BCUT2D eigenvalue weighted by molar-refractivity contribution is 14.1. The molecule has 2 fully saturated rings. The smallest absolute Gasteiger partial charge is 0.174 e. The van der Waals surface area contributed by atoms with Crippen LogP contribution in [0.5, 0.6) is 0 Å². The largest absolute Gasteiger partial charge is 0.370 e. The number of aryl methyl sites for hydroxylation is 2. The lowest BCUT2D eigenvalue weighted by Gasteiger charge is -2.37. The fourth-order valence-electron chi connectivity index (χ4n) is 5.81. The number of nitrogens with one attached hydrogen (secondary N) is 2. The van der Waals surface area contributed by atoms with Gasteiger partial charge in [0, 0.05) is 45.5 Å². The second kappa shape index (κ2) is 9.90. The fourth-order valence-corrected chi connectivity index (χ4v) is 7.31. The van der Waals surface area contributed by atoms with E-state index in [0.29, 0.717) is 16.9 Å². The summed E-state index contributed by atoms with van der Waals surface area (Å²) < 4.78 is 1.22. The van der Waals surface area contributed by atoms with Gasteiger partial charge < -0.3 is 20.1 Å². The minimum atomic E-state index is -0.0756. The van der Waals surface area contributed by atoms with Gasteiger partial charge in [0.1, 0.15) is 0 Å². The maximum atomic E-state index is 6.95. The summed E-state index contributed by atoms with van der Waals surface area (Å²) in [6.07, 6.45) is 3.11. The third kappa shape index (κ3) is 4.67. The first-order chi connectivity index (χ1) is 16.7. The van der Waals surface area contributed by atoms with Crippen LogP contribution in [0.1, 0.15) is 55.0 Å². The van der Waals surface area contributed by atoms with Crippen LogP contribution < -0.4 is 15.1 Å². The van der Waals surface area contributed by atoms with Gasteiger partial charge in [-0.05, 0) is 97.2 Å². The monoisotopic (exact) mass is 619 g/mol. The second-order valence-corrected chi connectivity index (χ2v) is 12.0. The molecule has 4 unspecified atom stereocenters. The number of piperidine rings is 1. The summed E-state index contributed by atoms with van der Waals surface area (Å²) >= 11 is 15.3. The summed E-state index contributed by atoms with van der Waals surface area (Å²) in [5.41, 5.74) is 6.62. The van der Waals surface area contributed by atoms with Crippen LogP contribution in [0.25, 0.3) is 0 Å². The predicted molar refractivity (Wildman–Crippen MR) is 158 cm³/mol. The maximum Gasteiger partial charge on any atom is 0.174 e. The molecule has 2 aliphatic rings. The lowest BCUT2D eigenvalue weighted by atomic mass is 9.91. The van der Waals surface area contributed by atoms with Crippen molar-refractivity contribution in [2.24, 2.45) is 11.8 Å². The molecule has 35 heavy (non-hydrogen) atoms. The number of nitrogens with zero attached hydrogens (tertiary/aromatic N) is 3. The summed E-state index contributed by atoms with van der Waals surface area (Å²) in [4.78, 5) is 12.8. The number of rotatable bonds is 4. The van der Waals surface area contributed by atoms with Crippen LogP contribution >= 0.6 is 46.4 Å². The molecule has 5 nitrogen and oxygen atoms in total. The summed E-state index contributed by atoms with van der Waals surface area (Å²) in [7, 11) is 0. The molecule has 4 heterocycles. The van der Waals surface area contributed by atoms with Gasteiger partial charge in [-0.3, -0.25) is 4.98 Å². The number of pyridine rings is 1. The summed E-state index contributed by atoms with van der Waals surface area (Å²) in [5.74, 6) is 1.32. The SMILES string of the molecule is Cc1[nH]c(C)c(C2C(c3ccccn3)NC(=S)N2c2ccc(N3CC(C)CC(C)C3)c(Cl)c2)c1I. The van der Waals surface area contributed by atoms with Crippen LogP contribution in [0.4, 0.5) is 11.4 Å². The number of anilines is 2. The number of hydrogen-bond donors (Lipinski definition) is 2. The third-order valence-corrected chi connectivity index (χ3v) is 9.16. The highest BCUT2D eigenvalue weighted by Gasteiger charge is 2.43. The highest BCUT2D eigenvalue weighted by Crippen LogP contribution is 2.46. The number of thiocarbonyl (C=S) groups is 1. The zero-order valence-electron chi connectivity index (χ0n) is 20.5. The minimum Gasteiger partial charge on any atom is -0.370 e. The van der Waals surface area contributed by atoms with Crippen molar-refractivity contribution in [2.45, 2.75) is 46.2 Å². The van der Waals surface area contributed by atoms with E-state index in [4.69, 9.17) is 23.8 Å². The zero-order chi connectivity index (χ0) is 24.9. The molecule has 0 saturated carbocycles. The minimum absolute atomic E-state index is 0.0498. The van der Waals surface area contributed by atoms with E-state index in [1.165, 1.54) is 15.6 Å². The second-order valence-electron chi connectivity index (χ2n) is 10.1. The molecule has 184 valence electrons. The number of halogens is 2. The first-order valence-electron chi connectivity index (χ1n) is 12.1. The van der Waals surface area contributed by atoms with Crippen molar-refractivity contribution in [3.63, 3.8) is 0 Å². The number of aromatic amines is 1. The topological polar surface area (TPSA) is 47.2 Å². The Bertz CT molecular complexity index is 1240. The van der Waals surface area contributed by atoms with Crippen LogP contribution in [-0.2, 0) is 0 Å². The van der Waals surface area contributed by atoms with Gasteiger partial charge in [0.25, 0.3) is 0 Å². The molecular formula is C27H31ClIN5S. The van der Waals surface area contributed by atoms with Crippen molar-refractivity contribution in [1.29, 1.82) is 0 Å².